The van der Waals surface area contributed by atoms with E-state index >= 15 is 0 Å². The Kier molecular flexibility index (Phi) is 7.95. The van der Waals surface area contributed by atoms with Crippen molar-refractivity contribution in [2.45, 2.75) is 6.92 Å². The van der Waals surface area contributed by atoms with Gasteiger partial charge < -0.3 is 19.3 Å². The van der Waals surface area contributed by atoms with Gasteiger partial charge in [0.05, 0.1) is 18.5 Å². The molecule has 1 aliphatic heterocycles. The second-order valence-corrected chi connectivity index (χ2v) is 7.56. The Labute approximate surface area is 199 Å². The number of hydrogen-bond donors (Lipinski definition) is 0. The molecule has 0 bridgehead atoms. The summed E-state index contributed by atoms with van der Waals surface area (Å²) in [5.41, 5.74) is 3.23. The minimum absolute atomic E-state index is 0. The zero-order valence-corrected chi connectivity index (χ0v) is 19.5. The molecule has 2 aromatic carbocycles. The largest absolute Gasteiger partial charge is 0.482 e. The summed E-state index contributed by atoms with van der Waals surface area (Å²) in [4.78, 5) is 28.6. The van der Waals surface area contributed by atoms with Crippen LogP contribution in [0.4, 0.5) is 5.69 Å². The minimum Gasteiger partial charge on any atom is -0.482 e. The number of nitrogens with zero attached hydrogens (tertiary/aromatic N) is 4. The summed E-state index contributed by atoms with van der Waals surface area (Å²) < 4.78 is 11.8. The number of aromatic nitrogens is 2. The summed E-state index contributed by atoms with van der Waals surface area (Å²) in [6.45, 7) is 4.37. The number of amides is 1. The van der Waals surface area contributed by atoms with Crippen LogP contribution in [0.1, 0.15) is 16.2 Å². The lowest BCUT2D eigenvalue weighted by Gasteiger charge is -2.36. The van der Waals surface area contributed by atoms with Crippen LogP contribution >= 0.6 is 12.4 Å². The van der Waals surface area contributed by atoms with E-state index in [0.717, 1.165) is 17.1 Å². The molecule has 1 aliphatic rings. The number of carbonyl (C=O) groups excluding carboxylic acids is 2. The van der Waals surface area contributed by atoms with Crippen LogP contribution in [0.15, 0.2) is 60.7 Å². The predicted octanol–water partition coefficient (Wildman–Crippen LogP) is 3.12. The third-order valence-electron chi connectivity index (χ3n) is 5.39. The molecule has 0 spiro atoms. The number of esters is 1. The summed E-state index contributed by atoms with van der Waals surface area (Å²) in [5, 5.41) is 4.52. The molecule has 9 heteroatoms. The SMILES string of the molecule is COC(=O)COc1cccc(N2CCN(C(=O)c3cc(C)nn3-c3ccccc3)CC2)c1.Cl. The maximum atomic E-state index is 13.3. The fraction of sp³-hybridized carbons (Fsp3) is 0.292. The highest BCUT2D eigenvalue weighted by Crippen LogP contribution is 2.23. The van der Waals surface area contributed by atoms with Crippen LogP contribution in [-0.4, -0.2) is 66.5 Å². The van der Waals surface area contributed by atoms with Crippen molar-refractivity contribution < 1.29 is 19.1 Å². The van der Waals surface area contributed by atoms with Gasteiger partial charge in [0.2, 0.25) is 0 Å². The van der Waals surface area contributed by atoms with E-state index in [9.17, 15) is 9.59 Å². The van der Waals surface area contributed by atoms with Crippen molar-refractivity contribution in [3.05, 3.63) is 72.1 Å². The van der Waals surface area contributed by atoms with Gasteiger partial charge in [-0.1, -0.05) is 24.3 Å². The Morgan fingerprint density at radius 1 is 0.939 bits per heavy atom. The summed E-state index contributed by atoms with van der Waals surface area (Å²) in [6.07, 6.45) is 0. The number of ether oxygens (including phenoxy) is 2. The predicted molar refractivity (Wildman–Crippen MR) is 128 cm³/mol. The molecule has 2 heterocycles. The second kappa shape index (κ2) is 10.9. The highest BCUT2D eigenvalue weighted by Gasteiger charge is 2.25. The molecule has 1 amide bonds. The van der Waals surface area contributed by atoms with E-state index in [1.54, 1.807) is 10.7 Å². The number of halogens is 1. The van der Waals surface area contributed by atoms with Gasteiger partial charge in [-0.25, -0.2) is 9.48 Å². The van der Waals surface area contributed by atoms with E-state index in [4.69, 9.17) is 4.74 Å². The van der Waals surface area contributed by atoms with Gasteiger partial charge in [-0.15, -0.1) is 12.4 Å². The molecular formula is C24H27ClN4O4. The van der Waals surface area contributed by atoms with Crippen molar-refractivity contribution in [2.24, 2.45) is 0 Å². The highest BCUT2D eigenvalue weighted by atomic mass is 35.5. The van der Waals surface area contributed by atoms with Gasteiger partial charge in [-0.3, -0.25) is 4.79 Å². The first kappa shape index (κ1) is 24.1. The van der Waals surface area contributed by atoms with Crippen LogP contribution < -0.4 is 9.64 Å². The first-order valence-electron chi connectivity index (χ1n) is 10.5. The number of hydrogen-bond acceptors (Lipinski definition) is 6. The van der Waals surface area contributed by atoms with Gasteiger partial charge in [0.1, 0.15) is 11.4 Å². The molecule has 1 saturated heterocycles. The first-order chi connectivity index (χ1) is 15.5. The normalized spacial score (nSPS) is 13.3. The van der Waals surface area contributed by atoms with Gasteiger partial charge in [-0.2, -0.15) is 5.10 Å². The zero-order valence-electron chi connectivity index (χ0n) is 18.6. The van der Waals surface area contributed by atoms with Crippen LogP contribution in [0.2, 0.25) is 0 Å². The van der Waals surface area contributed by atoms with Crippen LogP contribution in [-0.2, 0) is 9.53 Å². The summed E-state index contributed by atoms with van der Waals surface area (Å²) >= 11 is 0. The molecule has 4 rings (SSSR count). The van der Waals surface area contributed by atoms with Gasteiger partial charge in [-0.05, 0) is 37.3 Å². The zero-order chi connectivity index (χ0) is 22.5. The molecule has 1 aromatic heterocycles. The van der Waals surface area contributed by atoms with E-state index in [1.807, 2.05) is 66.4 Å². The van der Waals surface area contributed by atoms with E-state index in [2.05, 4.69) is 14.7 Å². The van der Waals surface area contributed by atoms with Gasteiger partial charge in [0, 0.05) is 37.9 Å². The Hall–Kier alpha value is -3.52. The number of rotatable bonds is 6. The molecule has 0 N–H and O–H groups in total. The Balaban J connectivity index is 0.00000306. The van der Waals surface area contributed by atoms with E-state index in [0.29, 0.717) is 37.6 Å². The molecule has 0 saturated carbocycles. The molecule has 1 fully saturated rings. The first-order valence-corrected chi connectivity index (χ1v) is 10.5. The number of piperazine rings is 1. The molecule has 0 atom stereocenters. The third kappa shape index (κ3) is 5.64. The van der Waals surface area contributed by atoms with Crippen molar-refractivity contribution in [3.8, 4) is 11.4 Å². The number of anilines is 1. The fourth-order valence-corrected chi connectivity index (χ4v) is 3.72. The van der Waals surface area contributed by atoms with Crippen molar-refractivity contribution in [2.75, 3.05) is 44.8 Å². The van der Waals surface area contributed by atoms with Crippen LogP contribution in [0.5, 0.6) is 5.75 Å². The number of benzene rings is 2. The highest BCUT2D eigenvalue weighted by molar-refractivity contribution is 5.93. The topological polar surface area (TPSA) is 76.9 Å². The van der Waals surface area contributed by atoms with Crippen molar-refractivity contribution >= 4 is 30.0 Å². The van der Waals surface area contributed by atoms with E-state index in [1.165, 1.54) is 7.11 Å². The lowest BCUT2D eigenvalue weighted by atomic mass is 10.2. The van der Waals surface area contributed by atoms with Gasteiger partial charge in [0.15, 0.2) is 6.61 Å². The maximum absolute atomic E-state index is 13.3. The average Bonchev–Trinajstić information content (AvgIpc) is 3.24. The minimum atomic E-state index is -0.424. The monoisotopic (exact) mass is 470 g/mol. The molecule has 0 aliphatic carbocycles. The van der Waals surface area contributed by atoms with Gasteiger partial charge in [0.25, 0.3) is 5.91 Å². The average molecular weight is 471 g/mol. The molecule has 33 heavy (non-hydrogen) atoms. The van der Waals surface area contributed by atoms with Crippen LogP contribution in [0, 0.1) is 6.92 Å². The standard InChI is InChI=1S/C24H26N4O4.ClH/c1-18-15-22(28(25-18)19-7-4-3-5-8-19)24(30)27-13-11-26(12-14-27)20-9-6-10-21(16-20)32-17-23(29)31-2;/h3-10,15-16H,11-14,17H2,1-2H3;1H. The summed E-state index contributed by atoms with van der Waals surface area (Å²) in [7, 11) is 1.33. The van der Waals surface area contributed by atoms with Gasteiger partial charge >= 0.3 is 5.97 Å². The van der Waals surface area contributed by atoms with Crippen molar-refractivity contribution in [3.63, 3.8) is 0 Å². The number of para-hydroxylation sites is 1. The van der Waals surface area contributed by atoms with Crippen molar-refractivity contribution in [1.29, 1.82) is 0 Å². The molecule has 174 valence electrons. The quantitative estimate of drug-likeness (QED) is 0.515. The number of aryl methyl sites for hydroxylation is 1. The molecule has 0 unspecified atom stereocenters. The molecule has 0 radical (unpaired) electrons. The Morgan fingerprint density at radius 2 is 1.64 bits per heavy atom. The fourth-order valence-electron chi connectivity index (χ4n) is 3.72. The molecule has 8 nitrogen and oxygen atoms in total. The maximum Gasteiger partial charge on any atom is 0.343 e. The summed E-state index contributed by atoms with van der Waals surface area (Å²) in [5.74, 6) is 0.158. The second-order valence-electron chi connectivity index (χ2n) is 7.56. The third-order valence-corrected chi connectivity index (χ3v) is 5.39. The smallest absolute Gasteiger partial charge is 0.343 e. The van der Waals surface area contributed by atoms with E-state index < -0.39 is 5.97 Å². The lowest BCUT2D eigenvalue weighted by Crippen LogP contribution is -2.49. The Bertz CT molecular complexity index is 1090. The van der Waals surface area contributed by atoms with Crippen LogP contribution in [0.3, 0.4) is 0 Å². The van der Waals surface area contributed by atoms with Crippen LogP contribution in [0.25, 0.3) is 5.69 Å². The Morgan fingerprint density at radius 3 is 2.33 bits per heavy atom. The molecule has 3 aromatic rings. The van der Waals surface area contributed by atoms with Crippen molar-refractivity contribution in [1.82, 2.24) is 14.7 Å². The number of methoxy groups -OCH3 is 1. The molecular weight excluding hydrogens is 444 g/mol. The summed E-state index contributed by atoms with van der Waals surface area (Å²) in [6, 6.07) is 19.1. The lowest BCUT2D eigenvalue weighted by molar-refractivity contribution is -0.142. The van der Waals surface area contributed by atoms with E-state index in [-0.39, 0.29) is 24.9 Å². The number of carbonyl (C=O) groups is 2.